The van der Waals surface area contributed by atoms with Crippen LogP contribution in [-0.4, -0.2) is 36.9 Å². The molecule has 0 radical (unpaired) electrons. The molecule has 4 rings (SSSR count). The molecule has 3 aromatic rings. The van der Waals surface area contributed by atoms with E-state index in [0.29, 0.717) is 12.4 Å². The zero-order valence-electron chi connectivity index (χ0n) is 19.1. The van der Waals surface area contributed by atoms with Gasteiger partial charge in [-0.3, -0.25) is 4.90 Å². The maximum atomic E-state index is 10.8. The minimum absolute atomic E-state index is 0.440. The molecule has 3 aromatic carbocycles. The molecule has 1 N–H and O–H groups in total. The highest BCUT2D eigenvalue weighted by Gasteiger charge is 2.28. The Kier molecular flexibility index (Phi) is 6.68. The van der Waals surface area contributed by atoms with Gasteiger partial charge in [0.1, 0.15) is 18.1 Å². The fourth-order valence-electron chi connectivity index (χ4n) is 4.10. The summed E-state index contributed by atoms with van der Waals surface area (Å²) in [4.78, 5) is 4.73. The normalized spacial score (nSPS) is 14.6. The molecular weight excluding hydrogens is 400 g/mol. The molecule has 0 saturated carbocycles. The molecule has 5 nitrogen and oxygen atoms in total. The molecule has 0 unspecified atom stereocenters. The lowest BCUT2D eigenvalue weighted by molar-refractivity contribution is 0.0741. The number of nitrogens with zero attached hydrogens (tertiary/aromatic N) is 2. The van der Waals surface area contributed by atoms with E-state index >= 15 is 0 Å². The first-order chi connectivity index (χ1) is 15.4. The van der Waals surface area contributed by atoms with Crippen LogP contribution in [-0.2, 0) is 18.8 Å². The first-order valence-electron chi connectivity index (χ1n) is 11.1. The zero-order valence-corrected chi connectivity index (χ0v) is 19.1. The number of ether oxygens (including phenoxy) is 2. The second kappa shape index (κ2) is 9.63. The van der Waals surface area contributed by atoms with Crippen molar-refractivity contribution < 1.29 is 14.6 Å². The van der Waals surface area contributed by atoms with Crippen LogP contribution in [0, 0.1) is 0 Å². The Labute approximate surface area is 190 Å². The Morgan fingerprint density at radius 2 is 1.53 bits per heavy atom. The van der Waals surface area contributed by atoms with Crippen LogP contribution in [0.15, 0.2) is 72.8 Å². The average Bonchev–Trinajstić information content (AvgIpc) is 3.26. The molecule has 0 aliphatic carbocycles. The van der Waals surface area contributed by atoms with Crippen LogP contribution in [0.4, 0.5) is 5.69 Å². The second-order valence-corrected chi connectivity index (χ2v) is 8.80. The van der Waals surface area contributed by atoms with Gasteiger partial charge in [-0.15, -0.1) is 0 Å². The second-order valence-electron chi connectivity index (χ2n) is 8.80. The van der Waals surface area contributed by atoms with Gasteiger partial charge in [-0.1, -0.05) is 60.7 Å². The highest BCUT2D eigenvalue weighted by atomic mass is 16.5. The Morgan fingerprint density at radius 1 is 0.875 bits per heavy atom. The van der Waals surface area contributed by atoms with Crippen molar-refractivity contribution in [1.29, 1.82) is 0 Å². The van der Waals surface area contributed by atoms with Crippen molar-refractivity contribution in [2.45, 2.75) is 32.6 Å². The van der Waals surface area contributed by atoms with Crippen molar-refractivity contribution >= 4 is 5.69 Å². The topological polar surface area (TPSA) is 45.2 Å². The van der Waals surface area contributed by atoms with E-state index in [9.17, 15) is 5.11 Å². The number of aliphatic hydroxyl groups is 1. The van der Waals surface area contributed by atoms with Crippen LogP contribution >= 0.6 is 0 Å². The highest BCUT2D eigenvalue weighted by molar-refractivity contribution is 5.65. The van der Waals surface area contributed by atoms with Crippen LogP contribution in [0.1, 0.15) is 30.5 Å². The predicted octanol–water partition coefficient (Wildman–Crippen LogP) is 4.78. The average molecular weight is 433 g/mol. The predicted molar refractivity (Wildman–Crippen MR) is 128 cm³/mol. The molecule has 32 heavy (non-hydrogen) atoms. The van der Waals surface area contributed by atoms with E-state index in [-0.39, 0.29) is 0 Å². The van der Waals surface area contributed by atoms with Crippen molar-refractivity contribution in [2.24, 2.45) is 0 Å². The van der Waals surface area contributed by atoms with Crippen molar-refractivity contribution in [3.63, 3.8) is 0 Å². The Balaban J connectivity index is 1.58. The summed E-state index contributed by atoms with van der Waals surface area (Å²) in [5, 5.41) is 10.8. The maximum absolute atomic E-state index is 10.8. The summed E-state index contributed by atoms with van der Waals surface area (Å²) in [6.07, 6.45) is 0. The van der Waals surface area contributed by atoms with Gasteiger partial charge in [0.15, 0.2) is 0 Å². The third-order valence-corrected chi connectivity index (χ3v) is 5.82. The van der Waals surface area contributed by atoms with E-state index in [1.807, 2.05) is 48.5 Å². The van der Waals surface area contributed by atoms with E-state index in [1.165, 1.54) is 5.56 Å². The summed E-state index contributed by atoms with van der Waals surface area (Å²) in [6, 6.07) is 24.5. The summed E-state index contributed by atoms with van der Waals surface area (Å²) in [7, 11) is 1.68. The minimum Gasteiger partial charge on any atom is -0.495 e. The molecule has 0 bridgehead atoms. The molecular formula is C27H32N2O3. The lowest BCUT2D eigenvalue weighted by atomic mass is 9.96. The molecule has 168 valence electrons. The van der Waals surface area contributed by atoms with Crippen LogP contribution in [0.3, 0.4) is 0 Å². The quantitative estimate of drug-likeness (QED) is 0.555. The number of rotatable bonds is 8. The van der Waals surface area contributed by atoms with E-state index in [0.717, 1.165) is 48.9 Å². The van der Waals surface area contributed by atoms with Gasteiger partial charge in [0.05, 0.1) is 25.1 Å². The van der Waals surface area contributed by atoms with Gasteiger partial charge >= 0.3 is 0 Å². The molecule has 0 amide bonds. The summed E-state index contributed by atoms with van der Waals surface area (Å²) in [5.41, 5.74) is 3.04. The summed E-state index contributed by atoms with van der Waals surface area (Å²) in [5.74, 6) is 1.43. The lowest BCUT2D eigenvalue weighted by Gasteiger charge is -2.27. The van der Waals surface area contributed by atoms with E-state index in [1.54, 1.807) is 21.0 Å². The molecule has 5 heteroatoms. The molecule has 0 atom stereocenters. The lowest BCUT2D eigenvalue weighted by Crippen LogP contribution is -2.26. The summed E-state index contributed by atoms with van der Waals surface area (Å²) in [6.45, 7) is 7.59. The number of methoxy groups -OCH3 is 1. The third-order valence-electron chi connectivity index (χ3n) is 5.82. The smallest absolute Gasteiger partial charge is 0.142 e. The van der Waals surface area contributed by atoms with Crippen molar-refractivity contribution in [3.8, 4) is 11.5 Å². The third kappa shape index (κ3) is 5.23. The highest BCUT2D eigenvalue weighted by Crippen LogP contribution is 2.41. The van der Waals surface area contributed by atoms with Crippen molar-refractivity contribution in [3.05, 3.63) is 89.5 Å². The van der Waals surface area contributed by atoms with Gasteiger partial charge in [-0.2, -0.15) is 0 Å². The number of anilines is 1. The molecule has 1 aliphatic rings. The van der Waals surface area contributed by atoms with Gasteiger partial charge in [-0.05, 0) is 31.0 Å². The van der Waals surface area contributed by atoms with Crippen LogP contribution in [0.5, 0.6) is 11.5 Å². The summed E-state index contributed by atoms with van der Waals surface area (Å²) < 4.78 is 12.0. The van der Waals surface area contributed by atoms with Gasteiger partial charge in [0, 0.05) is 31.3 Å². The first kappa shape index (κ1) is 22.2. The maximum Gasteiger partial charge on any atom is 0.142 e. The van der Waals surface area contributed by atoms with Gasteiger partial charge < -0.3 is 19.5 Å². The summed E-state index contributed by atoms with van der Waals surface area (Å²) >= 11 is 0. The molecule has 1 heterocycles. The standard InChI is InChI=1S/C27H32N2O3/c1-27(2,30)23-16-26(31-3)24(17-25(23)32-19-22-12-8-5-9-13-22)29-15-14-28(20-29)18-21-10-6-4-7-11-21/h4-13,16-17,30H,14-15,18-20H2,1-3H3. The zero-order chi connectivity index (χ0) is 22.6. The van der Waals surface area contributed by atoms with E-state index < -0.39 is 5.60 Å². The Morgan fingerprint density at radius 3 is 2.16 bits per heavy atom. The molecule has 1 fully saturated rings. The SMILES string of the molecule is COc1cc(C(C)(C)O)c(OCc2ccccc2)cc1N1CCN(Cc2ccccc2)C1. The Bertz CT molecular complexity index is 1020. The first-order valence-corrected chi connectivity index (χ1v) is 11.1. The molecule has 1 saturated heterocycles. The van der Waals surface area contributed by atoms with Gasteiger partial charge in [0.2, 0.25) is 0 Å². The molecule has 0 spiro atoms. The largest absolute Gasteiger partial charge is 0.495 e. The van der Waals surface area contributed by atoms with E-state index in [2.05, 4.69) is 34.1 Å². The van der Waals surface area contributed by atoms with Crippen molar-refractivity contribution in [1.82, 2.24) is 4.90 Å². The van der Waals surface area contributed by atoms with Crippen LogP contribution in [0.2, 0.25) is 0 Å². The van der Waals surface area contributed by atoms with Gasteiger partial charge in [-0.25, -0.2) is 0 Å². The van der Waals surface area contributed by atoms with Crippen molar-refractivity contribution in [2.75, 3.05) is 31.8 Å². The van der Waals surface area contributed by atoms with E-state index in [4.69, 9.17) is 9.47 Å². The Hall–Kier alpha value is -3.02. The van der Waals surface area contributed by atoms with Gasteiger partial charge in [0.25, 0.3) is 0 Å². The van der Waals surface area contributed by atoms with Crippen LogP contribution in [0.25, 0.3) is 0 Å². The van der Waals surface area contributed by atoms with Crippen LogP contribution < -0.4 is 14.4 Å². The number of hydrogen-bond donors (Lipinski definition) is 1. The fourth-order valence-corrected chi connectivity index (χ4v) is 4.10. The monoisotopic (exact) mass is 432 g/mol. The fraction of sp³-hybridized carbons (Fsp3) is 0.333. The number of hydrogen-bond acceptors (Lipinski definition) is 5. The number of benzene rings is 3. The molecule has 1 aliphatic heterocycles. The molecule has 0 aromatic heterocycles. The minimum atomic E-state index is -1.05.